The molecule has 6 nitrogen and oxygen atoms in total. The lowest BCUT2D eigenvalue weighted by Crippen LogP contribution is -2.44. The van der Waals surface area contributed by atoms with Crippen LogP contribution >= 0.6 is 0 Å². The highest BCUT2D eigenvalue weighted by molar-refractivity contribution is 6.07. The fourth-order valence-electron chi connectivity index (χ4n) is 3.23. The molecule has 1 aromatic heterocycles. The third-order valence-electron chi connectivity index (χ3n) is 4.92. The van der Waals surface area contributed by atoms with Gasteiger partial charge in [0.05, 0.1) is 6.20 Å². The number of carbonyl (C=O) groups excluding carboxylic acids is 1. The van der Waals surface area contributed by atoms with E-state index in [9.17, 15) is 9.18 Å². The SMILES string of the molecule is CN1CCN(c2ccc(NC(=O)c3cnoc3-c3ccc(F)cc3)cc2)CC1. The average molecular weight is 380 g/mol. The second kappa shape index (κ2) is 7.82. The molecule has 3 aromatic rings. The molecule has 0 saturated carbocycles. The average Bonchev–Trinajstić information content (AvgIpc) is 3.20. The molecule has 1 amide bonds. The first-order chi connectivity index (χ1) is 13.6. The molecule has 7 heteroatoms. The summed E-state index contributed by atoms with van der Waals surface area (Å²) < 4.78 is 18.3. The maximum Gasteiger partial charge on any atom is 0.261 e. The van der Waals surface area contributed by atoms with Gasteiger partial charge in [0.2, 0.25) is 0 Å². The molecular weight excluding hydrogens is 359 g/mol. The summed E-state index contributed by atoms with van der Waals surface area (Å²) in [6.07, 6.45) is 1.37. The summed E-state index contributed by atoms with van der Waals surface area (Å²) in [6.45, 7) is 4.06. The molecule has 1 aliphatic heterocycles. The van der Waals surface area contributed by atoms with E-state index in [1.807, 2.05) is 24.3 Å². The van der Waals surface area contributed by atoms with Gasteiger partial charge in [-0.1, -0.05) is 5.16 Å². The number of rotatable bonds is 4. The third kappa shape index (κ3) is 3.89. The van der Waals surface area contributed by atoms with Gasteiger partial charge < -0.3 is 19.6 Å². The van der Waals surface area contributed by atoms with Gasteiger partial charge in [-0.15, -0.1) is 0 Å². The highest BCUT2D eigenvalue weighted by Crippen LogP contribution is 2.25. The van der Waals surface area contributed by atoms with Crippen molar-refractivity contribution in [3.63, 3.8) is 0 Å². The third-order valence-corrected chi connectivity index (χ3v) is 4.92. The zero-order chi connectivity index (χ0) is 19.5. The molecule has 2 heterocycles. The van der Waals surface area contributed by atoms with Crippen LogP contribution in [0.15, 0.2) is 59.3 Å². The zero-order valence-electron chi connectivity index (χ0n) is 15.6. The number of anilines is 2. The van der Waals surface area contributed by atoms with E-state index in [1.165, 1.54) is 18.3 Å². The Morgan fingerprint density at radius 3 is 2.39 bits per heavy atom. The van der Waals surface area contributed by atoms with Crippen LogP contribution in [0.2, 0.25) is 0 Å². The van der Waals surface area contributed by atoms with E-state index in [4.69, 9.17) is 4.52 Å². The first-order valence-electron chi connectivity index (χ1n) is 9.16. The van der Waals surface area contributed by atoms with Crippen LogP contribution in [0, 0.1) is 5.82 Å². The van der Waals surface area contributed by atoms with Gasteiger partial charge in [-0.25, -0.2) is 4.39 Å². The maximum atomic E-state index is 13.1. The van der Waals surface area contributed by atoms with Crippen molar-refractivity contribution in [3.05, 3.63) is 66.1 Å². The van der Waals surface area contributed by atoms with Crippen LogP contribution in [0.5, 0.6) is 0 Å². The van der Waals surface area contributed by atoms with Gasteiger partial charge in [-0.05, 0) is 55.6 Å². The van der Waals surface area contributed by atoms with Gasteiger partial charge in [0.15, 0.2) is 5.76 Å². The molecule has 0 radical (unpaired) electrons. The van der Waals surface area contributed by atoms with Gasteiger partial charge in [0.25, 0.3) is 5.91 Å². The molecule has 1 saturated heterocycles. The van der Waals surface area contributed by atoms with E-state index in [1.54, 1.807) is 12.1 Å². The Labute approximate surface area is 162 Å². The highest BCUT2D eigenvalue weighted by atomic mass is 19.1. The number of amides is 1. The molecule has 1 fully saturated rings. The van der Waals surface area contributed by atoms with Gasteiger partial charge in [-0.2, -0.15) is 0 Å². The predicted molar refractivity (Wildman–Crippen MR) is 106 cm³/mol. The summed E-state index contributed by atoms with van der Waals surface area (Å²) in [7, 11) is 2.13. The minimum Gasteiger partial charge on any atom is -0.369 e. The molecular formula is C21H21FN4O2. The molecule has 0 unspecified atom stereocenters. The smallest absolute Gasteiger partial charge is 0.261 e. The maximum absolute atomic E-state index is 13.1. The second-order valence-corrected chi connectivity index (χ2v) is 6.87. The summed E-state index contributed by atoms with van der Waals surface area (Å²) in [5.41, 5.74) is 2.72. The monoisotopic (exact) mass is 380 g/mol. The van der Waals surface area contributed by atoms with Crippen LogP contribution < -0.4 is 10.2 Å². The molecule has 4 rings (SSSR count). The van der Waals surface area contributed by atoms with Crippen molar-refractivity contribution in [2.24, 2.45) is 0 Å². The van der Waals surface area contributed by atoms with E-state index in [0.29, 0.717) is 22.6 Å². The summed E-state index contributed by atoms with van der Waals surface area (Å²) in [6, 6.07) is 13.5. The minimum absolute atomic E-state index is 0.301. The number of nitrogens with zero attached hydrogens (tertiary/aromatic N) is 3. The molecule has 0 bridgehead atoms. The summed E-state index contributed by atoms with van der Waals surface area (Å²) >= 11 is 0. The fourth-order valence-corrected chi connectivity index (χ4v) is 3.23. The number of hydrogen-bond donors (Lipinski definition) is 1. The largest absolute Gasteiger partial charge is 0.369 e. The lowest BCUT2D eigenvalue weighted by Gasteiger charge is -2.34. The lowest BCUT2D eigenvalue weighted by molar-refractivity contribution is 0.102. The Morgan fingerprint density at radius 1 is 1.04 bits per heavy atom. The molecule has 0 spiro atoms. The van der Waals surface area contributed by atoms with Crippen molar-refractivity contribution in [2.45, 2.75) is 0 Å². The topological polar surface area (TPSA) is 61.6 Å². The number of aromatic nitrogens is 1. The van der Waals surface area contributed by atoms with E-state index in [0.717, 1.165) is 31.9 Å². The van der Waals surface area contributed by atoms with E-state index in [-0.39, 0.29) is 11.7 Å². The van der Waals surface area contributed by atoms with Crippen molar-refractivity contribution in [1.29, 1.82) is 0 Å². The Hall–Kier alpha value is -3.19. The first kappa shape index (κ1) is 18.2. The van der Waals surface area contributed by atoms with Crippen LogP contribution in [0.3, 0.4) is 0 Å². The van der Waals surface area contributed by atoms with Crippen molar-refractivity contribution in [3.8, 4) is 11.3 Å². The zero-order valence-corrected chi connectivity index (χ0v) is 15.6. The molecule has 1 N–H and O–H groups in total. The van der Waals surface area contributed by atoms with Gasteiger partial charge in [0.1, 0.15) is 11.4 Å². The van der Waals surface area contributed by atoms with E-state index >= 15 is 0 Å². The molecule has 2 aromatic carbocycles. The number of piperazine rings is 1. The van der Waals surface area contributed by atoms with Crippen LogP contribution in [-0.4, -0.2) is 49.2 Å². The van der Waals surface area contributed by atoms with E-state index in [2.05, 4.69) is 27.3 Å². The highest BCUT2D eigenvalue weighted by Gasteiger charge is 2.19. The quantitative estimate of drug-likeness (QED) is 0.751. The second-order valence-electron chi connectivity index (χ2n) is 6.87. The first-order valence-corrected chi connectivity index (χ1v) is 9.16. The van der Waals surface area contributed by atoms with Crippen molar-refractivity contribution >= 4 is 17.3 Å². The molecule has 1 aliphatic rings. The summed E-state index contributed by atoms with van der Waals surface area (Å²) in [5.74, 6) is -0.366. The van der Waals surface area contributed by atoms with Gasteiger partial charge in [-0.3, -0.25) is 4.79 Å². The van der Waals surface area contributed by atoms with Crippen LogP contribution in [0.25, 0.3) is 11.3 Å². The molecule has 144 valence electrons. The minimum atomic E-state index is -0.352. The number of carbonyl (C=O) groups is 1. The number of benzene rings is 2. The van der Waals surface area contributed by atoms with Crippen LogP contribution in [0.1, 0.15) is 10.4 Å². The molecule has 0 aliphatic carbocycles. The van der Waals surface area contributed by atoms with Gasteiger partial charge >= 0.3 is 0 Å². The Kier molecular flexibility index (Phi) is 5.08. The Morgan fingerprint density at radius 2 is 1.71 bits per heavy atom. The van der Waals surface area contributed by atoms with Crippen molar-refractivity contribution in [1.82, 2.24) is 10.1 Å². The lowest BCUT2D eigenvalue weighted by atomic mass is 10.1. The normalized spacial score (nSPS) is 14.9. The standard InChI is InChI=1S/C21H21FN4O2/c1-25-10-12-26(13-11-25)18-8-6-17(7-9-18)24-21(27)19-14-23-28-20(19)15-2-4-16(22)5-3-15/h2-9,14H,10-13H2,1H3,(H,24,27). The van der Waals surface area contributed by atoms with Crippen LogP contribution in [0.4, 0.5) is 15.8 Å². The van der Waals surface area contributed by atoms with Crippen LogP contribution in [-0.2, 0) is 0 Å². The summed E-state index contributed by atoms with van der Waals surface area (Å²) in [5, 5.41) is 6.59. The number of likely N-dealkylation sites (N-methyl/N-ethyl adjacent to an activating group) is 1. The molecule has 0 atom stereocenters. The van der Waals surface area contributed by atoms with E-state index < -0.39 is 0 Å². The predicted octanol–water partition coefficient (Wildman–Crippen LogP) is 3.48. The Balaban J connectivity index is 1.46. The van der Waals surface area contributed by atoms with Gasteiger partial charge in [0, 0.05) is 43.1 Å². The fraction of sp³-hybridized carbons (Fsp3) is 0.238. The summed E-state index contributed by atoms with van der Waals surface area (Å²) in [4.78, 5) is 17.3. The van der Waals surface area contributed by atoms with Crippen molar-refractivity contribution in [2.75, 3.05) is 43.4 Å². The number of halogens is 1. The number of nitrogens with one attached hydrogen (secondary N) is 1. The Bertz CT molecular complexity index is 945. The van der Waals surface area contributed by atoms with Crippen molar-refractivity contribution < 1.29 is 13.7 Å². The molecule has 28 heavy (non-hydrogen) atoms. The number of hydrogen-bond acceptors (Lipinski definition) is 5.